The molecule has 3 aromatic heterocycles. The SMILES string of the molecule is Cc1n[nH]c(C)c1-c1cc(-c2c(C)noc2C)cc2[nH]c(NS(C)(=O)=O)nc12. The van der Waals surface area contributed by atoms with Crippen molar-refractivity contribution in [2.24, 2.45) is 0 Å². The Balaban J connectivity index is 2.04. The van der Waals surface area contributed by atoms with Crippen molar-refractivity contribution in [2.75, 3.05) is 11.0 Å². The van der Waals surface area contributed by atoms with Crippen LogP contribution < -0.4 is 4.72 Å². The summed E-state index contributed by atoms with van der Waals surface area (Å²) in [5, 5.41) is 11.3. The number of hydrogen-bond donors (Lipinski definition) is 3. The Morgan fingerprint density at radius 1 is 1.07 bits per heavy atom. The van der Waals surface area contributed by atoms with E-state index in [1.165, 1.54) is 0 Å². The molecule has 4 aromatic rings. The molecule has 4 rings (SSSR count). The summed E-state index contributed by atoms with van der Waals surface area (Å²) >= 11 is 0. The first kappa shape index (κ1) is 18.2. The van der Waals surface area contributed by atoms with Crippen LogP contribution >= 0.6 is 0 Å². The van der Waals surface area contributed by atoms with E-state index in [-0.39, 0.29) is 5.95 Å². The number of benzene rings is 1. The highest BCUT2D eigenvalue weighted by Crippen LogP contribution is 2.38. The van der Waals surface area contributed by atoms with Gasteiger partial charge in [-0.3, -0.25) is 9.82 Å². The number of nitrogens with zero attached hydrogens (tertiary/aromatic N) is 3. The van der Waals surface area contributed by atoms with Crippen LogP contribution in [0.15, 0.2) is 16.7 Å². The third kappa shape index (κ3) is 3.05. The average molecular weight is 400 g/mol. The Bertz CT molecular complexity index is 1270. The summed E-state index contributed by atoms with van der Waals surface area (Å²) in [6, 6.07) is 3.92. The minimum absolute atomic E-state index is 0.161. The lowest BCUT2D eigenvalue weighted by atomic mass is 9.96. The molecule has 0 aliphatic heterocycles. The molecule has 146 valence electrons. The van der Waals surface area contributed by atoms with Crippen molar-refractivity contribution in [2.45, 2.75) is 27.7 Å². The Labute approximate surface area is 161 Å². The first-order valence-electron chi connectivity index (χ1n) is 8.61. The number of nitrogens with one attached hydrogen (secondary N) is 3. The number of sulfonamides is 1. The van der Waals surface area contributed by atoms with Gasteiger partial charge >= 0.3 is 0 Å². The van der Waals surface area contributed by atoms with E-state index in [0.717, 1.165) is 45.6 Å². The highest BCUT2D eigenvalue weighted by molar-refractivity contribution is 7.92. The van der Waals surface area contributed by atoms with Crippen molar-refractivity contribution < 1.29 is 12.9 Å². The molecule has 10 heteroatoms. The molecule has 0 amide bonds. The summed E-state index contributed by atoms with van der Waals surface area (Å²) in [5.74, 6) is 0.867. The van der Waals surface area contributed by atoms with E-state index in [1.807, 2.05) is 39.8 Å². The van der Waals surface area contributed by atoms with Crippen molar-refractivity contribution in [1.82, 2.24) is 25.3 Å². The number of hydrogen-bond acceptors (Lipinski definition) is 6. The lowest BCUT2D eigenvalue weighted by Gasteiger charge is -2.08. The van der Waals surface area contributed by atoms with E-state index in [4.69, 9.17) is 4.52 Å². The Hall–Kier alpha value is -3.14. The van der Waals surface area contributed by atoms with Crippen molar-refractivity contribution in [3.8, 4) is 22.3 Å². The molecule has 0 aliphatic rings. The molecule has 28 heavy (non-hydrogen) atoms. The van der Waals surface area contributed by atoms with Gasteiger partial charge in [0.2, 0.25) is 16.0 Å². The van der Waals surface area contributed by atoms with Gasteiger partial charge in [-0.25, -0.2) is 13.4 Å². The van der Waals surface area contributed by atoms with E-state index in [0.29, 0.717) is 16.8 Å². The number of fused-ring (bicyclic) bond motifs is 1. The highest BCUT2D eigenvalue weighted by Gasteiger charge is 2.20. The molecule has 1 aromatic carbocycles. The Morgan fingerprint density at radius 3 is 2.39 bits per heavy atom. The summed E-state index contributed by atoms with van der Waals surface area (Å²) in [5.41, 5.74) is 7.41. The van der Waals surface area contributed by atoms with Crippen molar-refractivity contribution >= 4 is 27.0 Å². The zero-order chi connectivity index (χ0) is 20.2. The van der Waals surface area contributed by atoms with E-state index < -0.39 is 10.0 Å². The molecular formula is C18H20N6O3S. The quantitative estimate of drug-likeness (QED) is 0.482. The molecule has 3 heterocycles. The molecule has 0 saturated carbocycles. The van der Waals surface area contributed by atoms with Crippen LogP contribution in [0, 0.1) is 27.7 Å². The monoisotopic (exact) mass is 400 g/mol. The lowest BCUT2D eigenvalue weighted by molar-refractivity contribution is 0.393. The number of aryl methyl sites for hydroxylation is 4. The topological polar surface area (TPSA) is 130 Å². The smallest absolute Gasteiger partial charge is 0.232 e. The number of H-pyrrole nitrogens is 2. The zero-order valence-electron chi connectivity index (χ0n) is 16.1. The van der Waals surface area contributed by atoms with E-state index in [2.05, 4.69) is 30.0 Å². The summed E-state index contributed by atoms with van der Waals surface area (Å²) in [6.07, 6.45) is 1.08. The molecule has 0 fully saturated rings. The molecule has 0 spiro atoms. The van der Waals surface area contributed by atoms with Gasteiger partial charge in [-0.05, 0) is 45.4 Å². The maximum absolute atomic E-state index is 11.6. The highest BCUT2D eigenvalue weighted by atomic mass is 32.2. The number of anilines is 1. The van der Waals surface area contributed by atoms with E-state index in [9.17, 15) is 8.42 Å². The van der Waals surface area contributed by atoms with Crippen LogP contribution in [0.4, 0.5) is 5.95 Å². The van der Waals surface area contributed by atoms with Gasteiger partial charge in [0.1, 0.15) is 5.76 Å². The standard InChI is InChI=1S/C18H20N6O3S/c1-8-15(9(2)22-21-8)13-6-12(16-10(3)23-27-11(16)4)7-14-17(13)20-18(19-14)24-28(5,25)26/h6-7H,1-5H3,(H,21,22)(H2,19,20,24). The second kappa shape index (κ2) is 6.20. The lowest BCUT2D eigenvalue weighted by Crippen LogP contribution is -2.10. The predicted molar refractivity (Wildman–Crippen MR) is 107 cm³/mol. The largest absolute Gasteiger partial charge is 0.361 e. The maximum Gasteiger partial charge on any atom is 0.232 e. The second-order valence-electron chi connectivity index (χ2n) is 6.89. The Kier molecular flexibility index (Phi) is 4.03. The number of imidazole rings is 1. The third-order valence-electron chi connectivity index (χ3n) is 4.59. The molecule has 0 radical (unpaired) electrons. The van der Waals surface area contributed by atoms with Crippen LogP contribution in [-0.2, 0) is 10.0 Å². The summed E-state index contributed by atoms with van der Waals surface area (Å²) < 4.78 is 31.0. The molecular weight excluding hydrogens is 380 g/mol. The van der Waals surface area contributed by atoms with E-state index >= 15 is 0 Å². The predicted octanol–water partition coefficient (Wildman–Crippen LogP) is 3.21. The van der Waals surface area contributed by atoms with Gasteiger partial charge in [0.25, 0.3) is 0 Å². The van der Waals surface area contributed by atoms with Gasteiger partial charge in [0.05, 0.1) is 28.7 Å². The number of aromatic nitrogens is 5. The van der Waals surface area contributed by atoms with Crippen LogP contribution in [-0.4, -0.2) is 40.0 Å². The van der Waals surface area contributed by atoms with Crippen molar-refractivity contribution in [1.29, 1.82) is 0 Å². The van der Waals surface area contributed by atoms with Gasteiger partial charge in [-0.2, -0.15) is 5.10 Å². The summed E-state index contributed by atoms with van der Waals surface area (Å²) in [4.78, 5) is 7.53. The fourth-order valence-electron chi connectivity index (χ4n) is 3.52. The minimum atomic E-state index is -3.46. The van der Waals surface area contributed by atoms with Crippen LogP contribution in [0.3, 0.4) is 0 Å². The molecule has 9 nitrogen and oxygen atoms in total. The van der Waals surface area contributed by atoms with Gasteiger partial charge in [-0.1, -0.05) is 5.16 Å². The molecule has 0 bridgehead atoms. The molecule has 0 saturated heterocycles. The van der Waals surface area contributed by atoms with Crippen LogP contribution in [0.25, 0.3) is 33.3 Å². The Morgan fingerprint density at radius 2 is 1.82 bits per heavy atom. The normalized spacial score (nSPS) is 12.0. The zero-order valence-corrected chi connectivity index (χ0v) is 16.9. The molecule has 0 aliphatic carbocycles. The maximum atomic E-state index is 11.6. The summed E-state index contributed by atoms with van der Waals surface area (Å²) in [6.45, 7) is 7.59. The van der Waals surface area contributed by atoms with Gasteiger partial charge < -0.3 is 9.51 Å². The molecule has 3 N–H and O–H groups in total. The first-order valence-corrected chi connectivity index (χ1v) is 10.5. The first-order chi connectivity index (χ1) is 13.1. The number of rotatable bonds is 4. The van der Waals surface area contributed by atoms with Gasteiger partial charge in [0.15, 0.2) is 0 Å². The fourth-order valence-corrected chi connectivity index (χ4v) is 3.97. The second-order valence-corrected chi connectivity index (χ2v) is 8.64. The minimum Gasteiger partial charge on any atom is -0.361 e. The average Bonchev–Trinajstić information content (AvgIpc) is 3.23. The van der Waals surface area contributed by atoms with Gasteiger partial charge in [-0.15, -0.1) is 0 Å². The molecule has 0 atom stereocenters. The summed E-state index contributed by atoms with van der Waals surface area (Å²) in [7, 11) is -3.46. The van der Waals surface area contributed by atoms with Crippen molar-refractivity contribution in [3.05, 3.63) is 35.0 Å². The van der Waals surface area contributed by atoms with Gasteiger partial charge in [0, 0.05) is 22.4 Å². The van der Waals surface area contributed by atoms with Crippen LogP contribution in [0.5, 0.6) is 0 Å². The van der Waals surface area contributed by atoms with Crippen LogP contribution in [0.2, 0.25) is 0 Å². The van der Waals surface area contributed by atoms with Crippen molar-refractivity contribution in [3.63, 3.8) is 0 Å². The number of aromatic amines is 2. The fraction of sp³-hybridized carbons (Fsp3) is 0.278. The third-order valence-corrected chi connectivity index (χ3v) is 5.15. The van der Waals surface area contributed by atoms with Crippen LogP contribution in [0.1, 0.15) is 22.8 Å². The molecule has 0 unspecified atom stereocenters. The van der Waals surface area contributed by atoms with E-state index in [1.54, 1.807) is 0 Å².